The molecule has 0 bridgehead atoms. The normalized spacial score (nSPS) is 19.6. The molecule has 2 aliphatic carbocycles. The van der Waals surface area contributed by atoms with E-state index in [1.807, 2.05) is 6.92 Å². The first-order valence-corrected chi connectivity index (χ1v) is 8.08. The third kappa shape index (κ3) is 2.90. The van der Waals surface area contributed by atoms with Gasteiger partial charge in [0.2, 0.25) is 5.91 Å². The Labute approximate surface area is 123 Å². The summed E-state index contributed by atoms with van der Waals surface area (Å²) in [5, 5.41) is 12.2. The highest BCUT2D eigenvalue weighted by atomic mass is 32.2. The first-order chi connectivity index (χ1) is 9.70. The average molecular weight is 292 g/mol. The number of hydrogen-bond acceptors (Lipinski definition) is 4. The monoisotopic (exact) mass is 292 g/mol. The van der Waals surface area contributed by atoms with Crippen LogP contribution < -0.4 is 5.32 Å². The Hall–Kier alpha value is -1.30. The van der Waals surface area contributed by atoms with Crippen LogP contribution in [0, 0.1) is 0 Å². The molecular weight excluding hydrogens is 272 g/mol. The minimum absolute atomic E-state index is 0.0215. The van der Waals surface area contributed by atoms with Crippen molar-refractivity contribution in [3.8, 4) is 0 Å². The van der Waals surface area contributed by atoms with Gasteiger partial charge in [0, 0.05) is 18.5 Å². The number of nitrogens with zero attached hydrogens (tertiary/aromatic N) is 3. The van der Waals surface area contributed by atoms with Crippen molar-refractivity contribution in [3.63, 3.8) is 0 Å². The second-order valence-electron chi connectivity index (χ2n) is 5.51. The Morgan fingerprint density at radius 2 is 2.25 bits per heavy atom. The van der Waals surface area contributed by atoms with Gasteiger partial charge in [-0.2, -0.15) is 0 Å². The van der Waals surface area contributed by atoms with E-state index in [0.29, 0.717) is 18.5 Å². The molecule has 5 nitrogen and oxygen atoms in total. The average Bonchev–Trinajstić information content (AvgIpc) is 3.35. The van der Waals surface area contributed by atoms with Gasteiger partial charge in [-0.3, -0.25) is 4.79 Å². The quantitative estimate of drug-likeness (QED) is 0.618. The molecule has 2 aliphatic rings. The maximum Gasteiger partial charge on any atom is 0.233 e. The van der Waals surface area contributed by atoms with Crippen molar-refractivity contribution in [2.24, 2.45) is 0 Å². The molecule has 0 aromatic carbocycles. The molecule has 0 aliphatic heterocycles. The molecule has 1 amide bonds. The minimum atomic E-state index is -0.163. The van der Waals surface area contributed by atoms with Gasteiger partial charge in [-0.25, -0.2) is 0 Å². The number of rotatable bonds is 7. The van der Waals surface area contributed by atoms with Gasteiger partial charge in [-0.15, -0.1) is 16.8 Å². The Morgan fingerprint density at radius 3 is 2.85 bits per heavy atom. The summed E-state index contributed by atoms with van der Waals surface area (Å²) in [6.45, 7) is 6.02. The summed E-state index contributed by atoms with van der Waals surface area (Å²) in [6.07, 6.45) is 6.56. The molecule has 1 heterocycles. The smallest absolute Gasteiger partial charge is 0.233 e. The number of hydrogen-bond donors (Lipinski definition) is 1. The zero-order chi connectivity index (χ0) is 14.1. The molecular formula is C14H20N4OS. The second kappa shape index (κ2) is 5.60. The van der Waals surface area contributed by atoms with Gasteiger partial charge in [-0.05, 0) is 32.6 Å². The summed E-state index contributed by atoms with van der Waals surface area (Å²) in [5.74, 6) is 1.75. The molecule has 6 heteroatoms. The van der Waals surface area contributed by atoms with Crippen LogP contribution in [-0.4, -0.2) is 32.5 Å². The summed E-state index contributed by atoms with van der Waals surface area (Å²) in [5.41, 5.74) is 0. The van der Waals surface area contributed by atoms with Crippen molar-refractivity contribution >= 4 is 17.7 Å². The Kier molecular flexibility index (Phi) is 3.83. The molecule has 2 saturated carbocycles. The van der Waals surface area contributed by atoms with Crippen LogP contribution in [0.1, 0.15) is 50.4 Å². The highest BCUT2D eigenvalue weighted by molar-refractivity contribution is 8.00. The standard InChI is InChI=1S/C14H20N4OS/c1-3-8-15-13(19)9(2)20-14-17-16-12(10-4-5-10)18(14)11-6-7-11/h3,9-11H,1,4-8H2,2H3,(H,15,19)/t9-/m1/s1. The van der Waals surface area contributed by atoms with Crippen molar-refractivity contribution < 1.29 is 4.79 Å². The molecule has 0 unspecified atom stereocenters. The maximum absolute atomic E-state index is 11.9. The van der Waals surface area contributed by atoms with Crippen LogP contribution in [-0.2, 0) is 4.79 Å². The van der Waals surface area contributed by atoms with Gasteiger partial charge >= 0.3 is 0 Å². The number of thioether (sulfide) groups is 1. The third-order valence-electron chi connectivity index (χ3n) is 3.62. The fourth-order valence-electron chi connectivity index (χ4n) is 2.19. The summed E-state index contributed by atoms with van der Waals surface area (Å²) in [4.78, 5) is 11.9. The summed E-state index contributed by atoms with van der Waals surface area (Å²) in [6, 6.07) is 0.562. The predicted molar refractivity (Wildman–Crippen MR) is 78.8 cm³/mol. The Morgan fingerprint density at radius 1 is 1.50 bits per heavy atom. The van der Waals surface area contributed by atoms with Gasteiger partial charge in [0.05, 0.1) is 5.25 Å². The van der Waals surface area contributed by atoms with Gasteiger partial charge in [0.25, 0.3) is 0 Å². The van der Waals surface area contributed by atoms with E-state index in [4.69, 9.17) is 0 Å². The topological polar surface area (TPSA) is 59.8 Å². The van der Waals surface area contributed by atoms with Crippen LogP contribution >= 0.6 is 11.8 Å². The SMILES string of the molecule is C=CCNC(=O)[C@@H](C)Sc1nnc(C2CC2)n1C1CC1. The molecule has 108 valence electrons. The van der Waals surface area contributed by atoms with E-state index >= 15 is 0 Å². The van der Waals surface area contributed by atoms with Crippen molar-refractivity contribution in [1.82, 2.24) is 20.1 Å². The van der Waals surface area contributed by atoms with E-state index in [9.17, 15) is 4.79 Å². The first-order valence-electron chi connectivity index (χ1n) is 7.20. The number of carbonyl (C=O) groups is 1. The fraction of sp³-hybridized carbons (Fsp3) is 0.643. The van der Waals surface area contributed by atoms with Crippen molar-refractivity contribution in [2.45, 2.75) is 55.0 Å². The molecule has 3 rings (SSSR count). The lowest BCUT2D eigenvalue weighted by atomic mass is 10.4. The number of nitrogens with one attached hydrogen (secondary N) is 1. The fourth-order valence-corrected chi connectivity index (χ4v) is 3.14. The van der Waals surface area contributed by atoms with Crippen LogP contribution in [0.2, 0.25) is 0 Å². The zero-order valence-corrected chi connectivity index (χ0v) is 12.5. The lowest BCUT2D eigenvalue weighted by Crippen LogP contribution is -2.31. The van der Waals surface area contributed by atoms with E-state index in [-0.39, 0.29) is 11.2 Å². The molecule has 20 heavy (non-hydrogen) atoms. The molecule has 1 atom stereocenters. The van der Waals surface area contributed by atoms with Gasteiger partial charge in [0.1, 0.15) is 5.82 Å². The molecule has 2 fully saturated rings. The van der Waals surface area contributed by atoms with Crippen LogP contribution in [0.3, 0.4) is 0 Å². The second-order valence-corrected chi connectivity index (χ2v) is 6.82. The Bertz CT molecular complexity index is 519. The predicted octanol–water partition coefficient (Wildman–Crippen LogP) is 2.27. The Balaban J connectivity index is 1.70. The molecule has 1 aromatic rings. The zero-order valence-electron chi connectivity index (χ0n) is 11.7. The highest BCUT2D eigenvalue weighted by Crippen LogP contribution is 2.46. The highest BCUT2D eigenvalue weighted by Gasteiger charge is 2.36. The van der Waals surface area contributed by atoms with Crippen LogP contribution in [0.15, 0.2) is 17.8 Å². The number of aromatic nitrogens is 3. The molecule has 0 spiro atoms. The molecule has 0 radical (unpaired) electrons. The van der Waals surface area contributed by atoms with Crippen LogP contribution in [0.5, 0.6) is 0 Å². The molecule has 1 N–H and O–H groups in total. The summed E-state index contributed by atoms with van der Waals surface area (Å²) >= 11 is 1.51. The lowest BCUT2D eigenvalue weighted by molar-refractivity contribution is -0.120. The summed E-state index contributed by atoms with van der Waals surface area (Å²) in [7, 11) is 0. The van der Waals surface area contributed by atoms with E-state index in [2.05, 4.69) is 26.7 Å². The van der Waals surface area contributed by atoms with Crippen molar-refractivity contribution in [2.75, 3.05) is 6.54 Å². The van der Waals surface area contributed by atoms with Crippen LogP contribution in [0.25, 0.3) is 0 Å². The van der Waals surface area contributed by atoms with E-state index in [1.165, 1.54) is 37.4 Å². The number of amides is 1. The minimum Gasteiger partial charge on any atom is -0.352 e. The molecule has 1 aromatic heterocycles. The van der Waals surface area contributed by atoms with Gasteiger partial charge in [0.15, 0.2) is 5.16 Å². The van der Waals surface area contributed by atoms with E-state index in [1.54, 1.807) is 6.08 Å². The van der Waals surface area contributed by atoms with E-state index < -0.39 is 0 Å². The van der Waals surface area contributed by atoms with Crippen molar-refractivity contribution in [3.05, 3.63) is 18.5 Å². The first kappa shape index (κ1) is 13.7. The largest absolute Gasteiger partial charge is 0.352 e. The van der Waals surface area contributed by atoms with E-state index in [0.717, 1.165) is 11.0 Å². The van der Waals surface area contributed by atoms with Crippen molar-refractivity contribution in [1.29, 1.82) is 0 Å². The van der Waals surface area contributed by atoms with Gasteiger partial charge in [-0.1, -0.05) is 17.8 Å². The lowest BCUT2D eigenvalue weighted by Gasteiger charge is -2.12. The number of carbonyl (C=O) groups excluding carboxylic acids is 1. The third-order valence-corrected chi connectivity index (χ3v) is 4.67. The summed E-state index contributed by atoms with van der Waals surface area (Å²) < 4.78 is 2.28. The molecule has 0 saturated heterocycles. The maximum atomic E-state index is 11.9. The van der Waals surface area contributed by atoms with Crippen LogP contribution in [0.4, 0.5) is 0 Å². The van der Waals surface area contributed by atoms with Gasteiger partial charge < -0.3 is 9.88 Å².